The first-order valence-electron chi connectivity index (χ1n) is 7.08. The van der Waals surface area contributed by atoms with E-state index in [2.05, 4.69) is 9.97 Å². The van der Waals surface area contributed by atoms with Crippen molar-refractivity contribution in [3.05, 3.63) is 64.7 Å². The molecule has 3 rings (SSSR count). The molecule has 0 atom stereocenters. The first kappa shape index (κ1) is 17.5. The lowest BCUT2D eigenvalue weighted by Gasteiger charge is -2.09. The van der Waals surface area contributed by atoms with Gasteiger partial charge in [0.05, 0.1) is 22.2 Å². The first-order chi connectivity index (χ1) is 12.0. The quantitative estimate of drug-likeness (QED) is 0.452. The molecule has 0 N–H and O–H groups in total. The number of nitriles is 1. The van der Waals surface area contributed by atoms with Crippen molar-refractivity contribution in [3.63, 3.8) is 0 Å². The summed E-state index contributed by atoms with van der Waals surface area (Å²) in [5.41, 5.74) is 0.620. The fourth-order valence-corrected chi connectivity index (χ4v) is 3.55. The third-order valence-electron chi connectivity index (χ3n) is 3.19. The minimum Gasteiger partial charge on any atom is -0.222 e. The van der Waals surface area contributed by atoms with Crippen LogP contribution in [0.15, 0.2) is 53.0 Å². The molecule has 126 valence electrons. The molecule has 8 heteroatoms. The minimum atomic E-state index is -4.54. The number of halogens is 3. The van der Waals surface area contributed by atoms with Crippen molar-refractivity contribution >= 4 is 23.1 Å². The molecule has 0 aliphatic carbocycles. The van der Waals surface area contributed by atoms with E-state index in [1.165, 1.54) is 11.3 Å². The van der Waals surface area contributed by atoms with Gasteiger partial charge in [0.2, 0.25) is 0 Å². The second-order valence-corrected chi connectivity index (χ2v) is 6.89. The molecule has 0 amide bonds. The fraction of sp³-hybridized carbons (Fsp3) is 0.118. The van der Waals surface area contributed by atoms with Crippen LogP contribution in [0.25, 0.3) is 10.6 Å². The van der Waals surface area contributed by atoms with E-state index >= 15 is 0 Å². The maximum atomic E-state index is 13.1. The molecule has 0 unspecified atom stereocenters. The van der Waals surface area contributed by atoms with Crippen molar-refractivity contribution in [2.75, 3.05) is 0 Å². The highest BCUT2D eigenvalue weighted by molar-refractivity contribution is 7.98. The molecular weight excluding hydrogens is 367 g/mol. The van der Waals surface area contributed by atoms with E-state index in [0.717, 1.165) is 23.4 Å². The van der Waals surface area contributed by atoms with Crippen LogP contribution in [-0.2, 0) is 11.9 Å². The van der Waals surface area contributed by atoms with Crippen LogP contribution >= 0.6 is 23.1 Å². The Bertz CT molecular complexity index is 916. The molecule has 0 saturated heterocycles. The van der Waals surface area contributed by atoms with Gasteiger partial charge in [-0.15, -0.1) is 11.3 Å². The molecule has 0 bridgehead atoms. The number of rotatable bonds is 4. The average molecular weight is 377 g/mol. The van der Waals surface area contributed by atoms with Gasteiger partial charge in [-0.2, -0.15) is 18.4 Å². The largest absolute Gasteiger partial charge is 0.433 e. The van der Waals surface area contributed by atoms with Crippen LogP contribution in [0.2, 0.25) is 0 Å². The Labute approximate surface area is 150 Å². The number of hydrogen-bond donors (Lipinski definition) is 0. The summed E-state index contributed by atoms with van der Waals surface area (Å²) in [4.78, 5) is 8.54. The maximum absolute atomic E-state index is 13.1. The van der Waals surface area contributed by atoms with E-state index in [0.29, 0.717) is 16.2 Å². The van der Waals surface area contributed by atoms with Gasteiger partial charge in [-0.25, -0.2) is 9.97 Å². The highest BCUT2D eigenvalue weighted by Crippen LogP contribution is 2.33. The van der Waals surface area contributed by atoms with Gasteiger partial charge in [-0.1, -0.05) is 30.0 Å². The van der Waals surface area contributed by atoms with Crippen LogP contribution in [0.3, 0.4) is 0 Å². The second-order valence-electron chi connectivity index (χ2n) is 5.00. The smallest absolute Gasteiger partial charge is 0.222 e. The van der Waals surface area contributed by atoms with E-state index in [9.17, 15) is 13.2 Å². The lowest BCUT2D eigenvalue weighted by molar-refractivity contribution is -0.141. The Kier molecular flexibility index (Phi) is 5.06. The van der Waals surface area contributed by atoms with Crippen molar-refractivity contribution in [2.45, 2.75) is 17.1 Å². The molecular formula is C17H10F3N3S2. The number of thiophene rings is 1. The van der Waals surface area contributed by atoms with Crippen LogP contribution in [-0.4, -0.2) is 9.97 Å². The van der Waals surface area contributed by atoms with Crippen LogP contribution in [0.1, 0.15) is 16.8 Å². The third kappa shape index (κ3) is 4.38. The summed E-state index contributed by atoms with van der Waals surface area (Å²) >= 11 is 2.43. The molecule has 0 aliphatic heterocycles. The van der Waals surface area contributed by atoms with E-state index in [-0.39, 0.29) is 10.9 Å². The predicted octanol–water partition coefficient (Wildman–Crippen LogP) is 5.39. The number of nitrogens with zero attached hydrogens (tertiary/aromatic N) is 3. The van der Waals surface area contributed by atoms with Gasteiger partial charge in [0.1, 0.15) is 5.69 Å². The summed E-state index contributed by atoms with van der Waals surface area (Å²) in [5.74, 6) is 0.376. The maximum Gasteiger partial charge on any atom is 0.433 e. The van der Waals surface area contributed by atoms with Crippen LogP contribution in [0, 0.1) is 11.3 Å². The number of thioether (sulfide) groups is 1. The molecule has 0 spiro atoms. The van der Waals surface area contributed by atoms with Gasteiger partial charge in [0.15, 0.2) is 5.16 Å². The normalized spacial score (nSPS) is 11.3. The summed E-state index contributed by atoms with van der Waals surface area (Å²) in [5, 5.41) is 10.7. The van der Waals surface area contributed by atoms with Crippen molar-refractivity contribution < 1.29 is 13.2 Å². The van der Waals surface area contributed by atoms with Gasteiger partial charge in [0.25, 0.3) is 0 Å². The summed E-state index contributed by atoms with van der Waals surface area (Å²) in [6.07, 6.45) is -4.54. The Morgan fingerprint density at radius 1 is 1.12 bits per heavy atom. The van der Waals surface area contributed by atoms with Crippen LogP contribution < -0.4 is 0 Å². The number of hydrogen-bond acceptors (Lipinski definition) is 5. The lowest BCUT2D eigenvalue weighted by atomic mass is 10.2. The van der Waals surface area contributed by atoms with Crippen molar-refractivity contribution in [1.82, 2.24) is 9.97 Å². The molecule has 2 aromatic heterocycles. The second kappa shape index (κ2) is 7.25. The zero-order valence-corrected chi connectivity index (χ0v) is 14.3. The van der Waals surface area contributed by atoms with Gasteiger partial charge in [0, 0.05) is 5.75 Å². The molecule has 0 radical (unpaired) electrons. The summed E-state index contributed by atoms with van der Waals surface area (Å²) in [6, 6.07) is 13.4. The lowest BCUT2D eigenvalue weighted by Crippen LogP contribution is -2.10. The summed E-state index contributed by atoms with van der Waals surface area (Å²) in [6.45, 7) is 0. The molecule has 0 saturated carbocycles. The van der Waals surface area contributed by atoms with Crippen molar-refractivity contribution in [3.8, 4) is 16.6 Å². The van der Waals surface area contributed by atoms with Gasteiger partial charge in [-0.3, -0.25) is 0 Å². The standard InChI is InChI=1S/C17H10F3N3S2/c18-17(19,20)15-8-13(14-5-2-6-24-14)22-16(23-15)25-10-12-4-1-3-11(7-12)9-21/h1-8H,10H2. The number of benzene rings is 1. The van der Waals surface area contributed by atoms with E-state index < -0.39 is 11.9 Å². The molecule has 25 heavy (non-hydrogen) atoms. The van der Waals surface area contributed by atoms with Gasteiger partial charge >= 0.3 is 6.18 Å². The monoisotopic (exact) mass is 377 g/mol. The highest BCUT2D eigenvalue weighted by Gasteiger charge is 2.34. The molecule has 3 aromatic rings. The zero-order chi connectivity index (χ0) is 17.9. The highest BCUT2D eigenvalue weighted by atomic mass is 32.2. The Hall–Kier alpha value is -2.37. The summed E-state index contributed by atoms with van der Waals surface area (Å²) < 4.78 is 39.4. The average Bonchev–Trinajstić information content (AvgIpc) is 3.14. The number of alkyl halides is 3. The molecule has 2 heterocycles. The molecule has 0 fully saturated rings. The molecule has 0 aliphatic rings. The first-order valence-corrected chi connectivity index (χ1v) is 8.94. The number of aromatic nitrogens is 2. The topological polar surface area (TPSA) is 49.6 Å². The van der Waals surface area contributed by atoms with E-state index in [1.807, 2.05) is 12.1 Å². The third-order valence-corrected chi connectivity index (χ3v) is 5.00. The Balaban J connectivity index is 1.89. The predicted molar refractivity (Wildman–Crippen MR) is 91.1 cm³/mol. The summed E-state index contributed by atoms with van der Waals surface area (Å²) in [7, 11) is 0. The van der Waals surface area contributed by atoms with Crippen molar-refractivity contribution in [1.29, 1.82) is 5.26 Å². The minimum absolute atomic E-state index is 0.0561. The fourth-order valence-electron chi connectivity index (χ4n) is 2.06. The zero-order valence-electron chi connectivity index (χ0n) is 12.6. The van der Waals surface area contributed by atoms with E-state index in [1.54, 1.807) is 35.7 Å². The molecule has 1 aromatic carbocycles. The van der Waals surface area contributed by atoms with Crippen LogP contribution in [0.5, 0.6) is 0 Å². The van der Waals surface area contributed by atoms with Gasteiger partial charge in [-0.05, 0) is 35.2 Å². The van der Waals surface area contributed by atoms with Crippen molar-refractivity contribution in [2.24, 2.45) is 0 Å². The van der Waals surface area contributed by atoms with Gasteiger partial charge < -0.3 is 0 Å². The Morgan fingerprint density at radius 3 is 2.64 bits per heavy atom. The SMILES string of the molecule is N#Cc1cccc(CSc2nc(-c3cccs3)cc(C(F)(F)F)n2)c1. The Morgan fingerprint density at radius 2 is 1.96 bits per heavy atom. The molecule has 3 nitrogen and oxygen atoms in total. The van der Waals surface area contributed by atoms with E-state index in [4.69, 9.17) is 5.26 Å². The van der Waals surface area contributed by atoms with Crippen LogP contribution in [0.4, 0.5) is 13.2 Å².